The van der Waals surface area contributed by atoms with E-state index in [0.29, 0.717) is 23.1 Å². The summed E-state index contributed by atoms with van der Waals surface area (Å²) in [4.78, 5) is 0. The highest BCUT2D eigenvalue weighted by molar-refractivity contribution is 5.64. The van der Waals surface area contributed by atoms with Gasteiger partial charge in [0.25, 0.3) is 0 Å². The van der Waals surface area contributed by atoms with Gasteiger partial charge in [-0.2, -0.15) is 0 Å². The number of halogens is 3. The summed E-state index contributed by atoms with van der Waals surface area (Å²) in [5.74, 6) is -3.25. The van der Waals surface area contributed by atoms with Crippen molar-refractivity contribution in [2.45, 2.75) is 57.5 Å². The van der Waals surface area contributed by atoms with Gasteiger partial charge in [0, 0.05) is 6.61 Å². The first-order valence-corrected chi connectivity index (χ1v) is 9.45. The van der Waals surface area contributed by atoms with Gasteiger partial charge in [0.2, 0.25) is 0 Å². The fourth-order valence-corrected chi connectivity index (χ4v) is 3.63. The van der Waals surface area contributed by atoms with Crippen molar-refractivity contribution in [1.82, 2.24) is 0 Å². The molecule has 1 saturated carbocycles. The van der Waals surface area contributed by atoms with E-state index < -0.39 is 17.5 Å². The number of benzene rings is 2. The van der Waals surface area contributed by atoms with Crippen LogP contribution in [0.25, 0.3) is 11.1 Å². The largest absolute Gasteiger partial charge is 0.378 e. The van der Waals surface area contributed by atoms with Crippen molar-refractivity contribution in [3.63, 3.8) is 0 Å². The SMILES string of the molecule is CCCCOC1CCC(c2ccc(-c3cc(F)c(F)c(F)c3)cc2)CC1. The molecule has 0 atom stereocenters. The Balaban J connectivity index is 1.62. The Hall–Kier alpha value is -1.81. The zero-order chi connectivity index (χ0) is 18.5. The first-order valence-electron chi connectivity index (χ1n) is 9.45. The Morgan fingerprint density at radius 2 is 1.50 bits per heavy atom. The molecule has 0 aliphatic heterocycles. The predicted molar refractivity (Wildman–Crippen MR) is 97.6 cm³/mol. The molecular formula is C22H25F3O. The van der Waals surface area contributed by atoms with Crippen molar-refractivity contribution in [3.05, 3.63) is 59.4 Å². The third-order valence-electron chi connectivity index (χ3n) is 5.22. The molecule has 1 fully saturated rings. The molecule has 26 heavy (non-hydrogen) atoms. The highest BCUT2D eigenvalue weighted by Gasteiger charge is 2.22. The summed E-state index contributed by atoms with van der Waals surface area (Å²) in [5, 5.41) is 0. The van der Waals surface area contributed by atoms with Gasteiger partial charge in [-0.1, -0.05) is 37.6 Å². The topological polar surface area (TPSA) is 9.23 Å². The van der Waals surface area contributed by atoms with Crippen LogP contribution in [-0.4, -0.2) is 12.7 Å². The molecule has 0 amide bonds. The van der Waals surface area contributed by atoms with Crippen LogP contribution in [0.4, 0.5) is 13.2 Å². The highest BCUT2D eigenvalue weighted by Crippen LogP contribution is 2.35. The maximum atomic E-state index is 13.4. The van der Waals surface area contributed by atoms with Crippen LogP contribution < -0.4 is 0 Å². The van der Waals surface area contributed by atoms with Crippen molar-refractivity contribution in [2.75, 3.05) is 6.61 Å². The minimum atomic E-state index is -1.43. The van der Waals surface area contributed by atoms with Crippen LogP contribution >= 0.6 is 0 Å². The number of hydrogen-bond donors (Lipinski definition) is 0. The van der Waals surface area contributed by atoms with Gasteiger partial charge in [-0.25, -0.2) is 13.2 Å². The molecule has 0 radical (unpaired) electrons. The standard InChI is InChI=1S/C22H25F3O/c1-2-3-12-26-19-10-8-16(9-11-19)15-4-6-17(7-5-15)18-13-20(23)22(25)21(24)14-18/h4-7,13-14,16,19H,2-3,8-12H2,1H3. The quantitative estimate of drug-likeness (QED) is 0.415. The molecule has 1 aliphatic rings. The van der Waals surface area contributed by atoms with Gasteiger partial charge in [0.1, 0.15) is 0 Å². The predicted octanol–water partition coefficient (Wildman–Crippen LogP) is 6.61. The Bertz CT molecular complexity index is 696. The second-order valence-corrected chi connectivity index (χ2v) is 7.07. The molecule has 4 heteroatoms. The lowest BCUT2D eigenvalue weighted by molar-refractivity contribution is 0.0232. The van der Waals surface area contributed by atoms with Gasteiger partial charge < -0.3 is 4.74 Å². The van der Waals surface area contributed by atoms with Crippen molar-refractivity contribution in [2.24, 2.45) is 0 Å². The van der Waals surface area contributed by atoms with E-state index in [2.05, 4.69) is 6.92 Å². The molecule has 3 rings (SSSR count). The highest BCUT2D eigenvalue weighted by atomic mass is 19.2. The molecule has 0 N–H and O–H groups in total. The van der Waals surface area contributed by atoms with E-state index >= 15 is 0 Å². The van der Waals surface area contributed by atoms with Gasteiger partial charge in [-0.3, -0.25) is 0 Å². The van der Waals surface area contributed by atoms with Gasteiger partial charge in [0.05, 0.1) is 6.10 Å². The fourth-order valence-electron chi connectivity index (χ4n) is 3.63. The normalized spacial score (nSPS) is 20.3. The van der Waals surface area contributed by atoms with E-state index in [0.717, 1.165) is 57.3 Å². The fraction of sp³-hybridized carbons (Fsp3) is 0.455. The molecular weight excluding hydrogens is 337 g/mol. The number of unbranched alkanes of at least 4 members (excludes halogenated alkanes) is 1. The van der Waals surface area contributed by atoms with Gasteiger partial charge in [-0.05, 0) is 66.8 Å². The molecule has 140 valence electrons. The lowest BCUT2D eigenvalue weighted by Crippen LogP contribution is -2.21. The van der Waals surface area contributed by atoms with Crippen molar-refractivity contribution in [1.29, 1.82) is 0 Å². The molecule has 0 saturated heterocycles. The Morgan fingerprint density at radius 1 is 0.885 bits per heavy atom. The summed E-state index contributed by atoms with van der Waals surface area (Å²) >= 11 is 0. The lowest BCUT2D eigenvalue weighted by Gasteiger charge is -2.29. The van der Waals surface area contributed by atoms with Crippen LogP contribution in [0.15, 0.2) is 36.4 Å². The van der Waals surface area contributed by atoms with Gasteiger partial charge in [0.15, 0.2) is 17.5 Å². The average Bonchev–Trinajstić information content (AvgIpc) is 2.67. The maximum absolute atomic E-state index is 13.4. The van der Waals surface area contributed by atoms with Crippen LogP contribution in [0.3, 0.4) is 0 Å². The second kappa shape index (κ2) is 8.72. The molecule has 1 nitrogen and oxygen atoms in total. The van der Waals surface area contributed by atoms with E-state index in [1.165, 1.54) is 5.56 Å². The maximum Gasteiger partial charge on any atom is 0.194 e. The van der Waals surface area contributed by atoms with Crippen molar-refractivity contribution >= 4 is 0 Å². The van der Waals surface area contributed by atoms with Crippen LogP contribution in [0.5, 0.6) is 0 Å². The third-order valence-corrected chi connectivity index (χ3v) is 5.22. The van der Waals surface area contributed by atoms with Crippen molar-refractivity contribution in [3.8, 4) is 11.1 Å². The van der Waals surface area contributed by atoms with Crippen LogP contribution in [-0.2, 0) is 4.74 Å². The minimum Gasteiger partial charge on any atom is -0.378 e. The molecule has 0 bridgehead atoms. The summed E-state index contributed by atoms with van der Waals surface area (Å²) in [6.45, 7) is 3.02. The summed E-state index contributed by atoms with van der Waals surface area (Å²) in [5.41, 5.74) is 2.27. The molecule has 0 heterocycles. The van der Waals surface area contributed by atoms with E-state index in [4.69, 9.17) is 4.74 Å². The monoisotopic (exact) mass is 362 g/mol. The Morgan fingerprint density at radius 3 is 2.08 bits per heavy atom. The first-order chi connectivity index (χ1) is 12.6. The zero-order valence-electron chi connectivity index (χ0n) is 15.1. The third kappa shape index (κ3) is 4.47. The van der Waals surface area contributed by atoms with Crippen molar-refractivity contribution < 1.29 is 17.9 Å². The number of hydrogen-bond acceptors (Lipinski definition) is 1. The zero-order valence-corrected chi connectivity index (χ0v) is 15.1. The van der Waals surface area contributed by atoms with Gasteiger partial charge >= 0.3 is 0 Å². The Labute approximate surface area is 153 Å². The van der Waals surface area contributed by atoms with E-state index in [9.17, 15) is 13.2 Å². The summed E-state index contributed by atoms with van der Waals surface area (Å²) in [6.07, 6.45) is 6.98. The second-order valence-electron chi connectivity index (χ2n) is 7.07. The molecule has 2 aromatic rings. The van der Waals surface area contributed by atoms with Crippen LogP contribution in [0.1, 0.15) is 56.9 Å². The van der Waals surface area contributed by atoms with E-state index in [1.54, 1.807) is 0 Å². The molecule has 0 aromatic heterocycles. The van der Waals surface area contributed by atoms with Gasteiger partial charge in [-0.15, -0.1) is 0 Å². The molecule has 0 unspecified atom stereocenters. The Kier molecular flexibility index (Phi) is 6.36. The van der Waals surface area contributed by atoms with E-state index in [-0.39, 0.29) is 0 Å². The van der Waals surface area contributed by atoms with E-state index in [1.807, 2.05) is 24.3 Å². The number of ether oxygens (including phenoxy) is 1. The lowest BCUT2D eigenvalue weighted by atomic mass is 9.82. The van der Waals surface area contributed by atoms with Crippen LogP contribution in [0.2, 0.25) is 0 Å². The smallest absolute Gasteiger partial charge is 0.194 e. The number of rotatable bonds is 6. The summed E-state index contributed by atoms with van der Waals surface area (Å²) in [7, 11) is 0. The summed E-state index contributed by atoms with van der Waals surface area (Å²) < 4.78 is 45.9. The van der Waals surface area contributed by atoms with Crippen LogP contribution in [0, 0.1) is 17.5 Å². The first kappa shape index (κ1) is 19.0. The molecule has 2 aromatic carbocycles. The molecule has 1 aliphatic carbocycles. The summed E-state index contributed by atoms with van der Waals surface area (Å²) in [6, 6.07) is 9.80. The molecule has 0 spiro atoms. The average molecular weight is 362 g/mol. The minimum absolute atomic E-state index is 0.348.